The van der Waals surface area contributed by atoms with Crippen LogP contribution in [0.15, 0.2) is 41.4 Å². The minimum Gasteiger partial charge on any atom is -0.386 e. The normalized spacial score (nSPS) is 14.9. The molecule has 3 rings (SSSR count). The Morgan fingerprint density at radius 1 is 1.14 bits per heavy atom. The van der Waals surface area contributed by atoms with Crippen LogP contribution >= 0.6 is 0 Å². The molecule has 21 heavy (non-hydrogen) atoms. The molecule has 1 N–H and O–H groups in total. The molecule has 2 heterocycles. The van der Waals surface area contributed by atoms with Crippen molar-refractivity contribution >= 4 is 11.6 Å². The summed E-state index contributed by atoms with van der Waals surface area (Å²) in [6.45, 7) is 6.08. The van der Waals surface area contributed by atoms with E-state index in [1.54, 1.807) is 13.8 Å². The molecule has 0 aliphatic carbocycles. The Balaban J connectivity index is 1.95. The quantitative estimate of drug-likeness (QED) is 0.920. The summed E-state index contributed by atoms with van der Waals surface area (Å²) in [7, 11) is 0. The number of benzene rings is 1. The first-order valence-corrected chi connectivity index (χ1v) is 6.97. The van der Waals surface area contributed by atoms with E-state index in [2.05, 4.69) is 4.99 Å². The highest BCUT2D eigenvalue weighted by Crippen LogP contribution is 2.22. The average Bonchev–Trinajstić information content (AvgIpc) is 2.80. The van der Waals surface area contributed by atoms with Crippen molar-refractivity contribution in [3.05, 3.63) is 58.9 Å². The molecule has 0 saturated heterocycles. The fourth-order valence-electron chi connectivity index (χ4n) is 2.56. The van der Waals surface area contributed by atoms with Crippen LogP contribution in [0.1, 0.15) is 41.2 Å². The van der Waals surface area contributed by atoms with Gasteiger partial charge in [-0.15, -0.1) is 0 Å². The number of carbonyl (C=O) groups excluding carboxylic acids is 1. The standard InChI is InChI=1S/C17H18N2O2/c1-11-4-9-15-16(20)18-14(10-19(11)15)12-5-7-13(8-6-12)17(2,3)21/h4-9,21H,10H2,1-3H3. The van der Waals surface area contributed by atoms with Gasteiger partial charge in [0.1, 0.15) is 5.69 Å². The van der Waals surface area contributed by atoms with E-state index in [1.807, 2.05) is 47.9 Å². The number of carbonyl (C=O) groups is 1. The number of aliphatic imine (C=N–C) groups is 1. The number of hydrogen-bond donors (Lipinski definition) is 1. The van der Waals surface area contributed by atoms with Gasteiger partial charge in [0.15, 0.2) is 0 Å². The molecular formula is C17H18N2O2. The van der Waals surface area contributed by atoms with Gasteiger partial charge >= 0.3 is 0 Å². The molecule has 0 radical (unpaired) electrons. The van der Waals surface area contributed by atoms with Crippen LogP contribution in [0.2, 0.25) is 0 Å². The lowest BCUT2D eigenvalue weighted by atomic mass is 9.96. The first-order chi connectivity index (χ1) is 9.86. The predicted octanol–water partition coefficient (Wildman–Crippen LogP) is 2.67. The monoisotopic (exact) mass is 282 g/mol. The van der Waals surface area contributed by atoms with Crippen molar-refractivity contribution in [1.29, 1.82) is 0 Å². The Morgan fingerprint density at radius 3 is 2.43 bits per heavy atom. The Hall–Kier alpha value is -2.20. The van der Waals surface area contributed by atoms with Gasteiger partial charge in [0.05, 0.1) is 17.9 Å². The van der Waals surface area contributed by atoms with E-state index in [9.17, 15) is 9.90 Å². The lowest BCUT2D eigenvalue weighted by Crippen LogP contribution is -2.23. The number of amides is 1. The maximum atomic E-state index is 12.1. The third kappa shape index (κ3) is 2.43. The predicted molar refractivity (Wildman–Crippen MR) is 81.7 cm³/mol. The minimum atomic E-state index is -0.868. The van der Waals surface area contributed by atoms with Crippen molar-refractivity contribution in [1.82, 2.24) is 4.57 Å². The number of nitrogens with zero attached hydrogens (tertiary/aromatic N) is 2. The number of aromatic nitrogens is 1. The molecule has 1 aliphatic heterocycles. The third-order valence-corrected chi connectivity index (χ3v) is 3.89. The molecule has 2 aromatic rings. The van der Waals surface area contributed by atoms with Gasteiger partial charge < -0.3 is 9.67 Å². The molecule has 0 saturated carbocycles. The van der Waals surface area contributed by atoms with Crippen molar-refractivity contribution in [2.24, 2.45) is 4.99 Å². The van der Waals surface area contributed by atoms with Gasteiger partial charge in [-0.2, -0.15) is 0 Å². The summed E-state index contributed by atoms with van der Waals surface area (Å²) in [5, 5.41) is 9.98. The van der Waals surface area contributed by atoms with Gasteiger partial charge in [0, 0.05) is 5.69 Å². The lowest BCUT2D eigenvalue weighted by Gasteiger charge is -2.20. The maximum absolute atomic E-state index is 12.1. The molecule has 4 nitrogen and oxygen atoms in total. The zero-order valence-corrected chi connectivity index (χ0v) is 12.4. The summed E-state index contributed by atoms with van der Waals surface area (Å²) in [6, 6.07) is 11.3. The second-order valence-corrected chi connectivity index (χ2v) is 5.95. The second kappa shape index (κ2) is 4.67. The highest BCUT2D eigenvalue weighted by Gasteiger charge is 2.22. The summed E-state index contributed by atoms with van der Waals surface area (Å²) >= 11 is 0. The van der Waals surface area contributed by atoms with Crippen LogP contribution in [0, 0.1) is 6.92 Å². The highest BCUT2D eigenvalue weighted by atomic mass is 16.3. The topological polar surface area (TPSA) is 54.6 Å². The second-order valence-electron chi connectivity index (χ2n) is 5.95. The van der Waals surface area contributed by atoms with Crippen LogP contribution in [0.25, 0.3) is 0 Å². The molecule has 1 aliphatic rings. The maximum Gasteiger partial charge on any atom is 0.293 e. The average molecular weight is 282 g/mol. The molecular weight excluding hydrogens is 264 g/mol. The van der Waals surface area contributed by atoms with Crippen molar-refractivity contribution in [3.8, 4) is 0 Å². The van der Waals surface area contributed by atoms with E-state index in [0.717, 1.165) is 22.5 Å². The van der Waals surface area contributed by atoms with Gasteiger partial charge in [-0.05, 0) is 44.0 Å². The van der Waals surface area contributed by atoms with Gasteiger partial charge in [-0.25, -0.2) is 4.99 Å². The first-order valence-electron chi connectivity index (χ1n) is 6.97. The third-order valence-electron chi connectivity index (χ3n) is 3.89. The zero-order chi connectivity index (χ0) is 15.2. The first kappa shape index (κ1) is 13.8. The smallest absolute Gasteiger partial charge is 0.293 e. The van der Waals surface area contributed by atoms with Crippen molar-refractivity contribution in [2.75, 3.05) is 0 Å². The molecule has 1 aromatic carbocycles. The summed E-state index contributed by atoms with van der Waals surface area (Å²) in [6.07, 6.45) is 0. The van der Waals surface area contributed by atoms with Crippen LogP contribution in [-0.4, -0.2) is 21.3 Å². The van der Waals surface area contributed by atoms with E-state index in [1.165, 1.54) is 0 Å². The summed E-state index contributed by atoms with van der Waals surface area (Å²) in [5.41, 5.74) is 3.34. The summed E-state index contributed by atoms with van der Waals surface area (Å²) in [5.74, 6) is -0.198. The zero-order valence-electron chi connectivity index (χ0n) is 12.4. The Labute approximate surface area is 123 Å². The Morgan fingerprint density at radius 2 is 1.81 bits per heavy atom. The summed E-state index contributed by atoms with van der Waals surface area (Å²) in [4.78, 5) is 16.3. The van der Waals surface area contributed by atoms with Crippen LogP contribution in [0.5, 0.6) is 0 Å². The minimum absolute atomic E-state index is 0.198. The van der Waals surface area contributed by atoms with Gasteiger partial charge in [0.2, 0.25) is 0 Å². The Bertz CT molecular complexity index is 731. The molecule has 0 bridgehead atoms. The molecule has 1 amide bonds. The van der Waals surface area contributed by atoms with E-state index >= 15 is 0 Å². The van der Waals surface area contributed by atoms with Gasteiger partial charge in [0.25, 0.3) is 5.91 Å². The number of rotatable bonds is 2. The van der Waals surface area contributed by atoms with Crippen molar-refractivity contribution in [2.45, 2.75) is 32.9 Å². The van der Waals surface area contributed by atoms with Crippen LogP contribution in [0.3, 0.4) is 0 Å². The van der Waals surface area contributed by atoms with Crippen molar-refractivity contribution < 1.29 is 9.90 Å². The highest BCUT2D eigenvalue weighted by molar-refractivity contribution is 6.12. The van der Waals surface area contributed by atoms with Gasteiger partial charge in [-0.1, -0.05) is 24.3 Å². The molecule has 108 valence electrons. The number of aliphatic hydroxyl groups is 1. The fraction of sp³-hybridized carbons (Fsp3) is 0.294. The number of aryl methyl sites for hydroxylation is 1. The summed E-state index contributed by atoms with van der Waals surface area (Å²) < 4.78 is 1.98. The number of hydrogen-bond acceptors (Lipinski definition) is 2. The van der Waals surface area contributed by atoms with Crippen LogP contribution in [0.4, 0.5) is 0 Å². The van der Waals surface area contributed by atoms with E-state index < -0.39 is 5.60 Å². The van der Waals surface area contributed by atoms with Crippen LogP contribution in [-0.2, 0) is 12.1 Å². The van der Waals surface area contributed by atoms with Crippen molar-refractivity contribution in [3.63, 3.8) is 0 Å². The lowest BCUT2D eigenvalue weighted by molar-refractivity contribution is 0.0786. The van der Waals surface area contributed by atoms with E-state index in [-0.39, 0.29) is 5.91 Å². The SMILES string of the molecule is Cc1ccc2n1CC(c1ccc(C(C)(C)O)cc1)=NC2=O. The van der Waals surface area contributed by atoms with Crippen LogP contribution < -0.4 is 0 Å². The molecule has 0 fully saturated rings. The molecule has 0 atom stereocenters. The molecule has 0 unspecified atom stereocenters. The van der Waals surface area contributed by atoms with E-state index in [4.69, 9.17) is 0 Å². The molecule has 0 spiro atoms. The molecule has 4 heteroatoms. The Kier molecular flexibility index (Phi) is 3.06. The van der Waals surface area contributed by atoms with E-state index in [0.29, 0.717) is 12.2 Å². The fourth-order valence-corrected chi connectivity index (χ4v) is 2.56. The van der Waals surface area contributed by atoms with Gasteiger partial charge in [-0.3, -0.25) is 4.79 Å². The largest absolute Gasteiger partial charge is 0.386 e. The molecule has 1 aromatic heterocycles. The number of fused-ring (bicyclic) bond motifs is 1.